The molecule has 0 unspecified atom stereocenters. The van der Waals surface area contributed by atoms with Gasteiger partial charge in [0.15, 0.2) is 0 Å². The Morgan fingerprint density at radius 3 is 2.47 bits per heavy atom. The lowest BCUT2D eigenvalue weighted by molar-refractivity contribution is -0.116. The number of carbonyl (C=O) groups is 1. The molecule has 0 radical (unpaired) electrons. The van der Waals surface area contributed by atoms with Crippen LogP contribution in [-0.4, -0.2) is 20.3 Å². The standard InChI is InChI=1S/C23H21BrN4O2/c1-15-14-21(30)27(13-12-20(29)25-18-10-8-17(24)9-11-18)23-22(15)16(2)26-28(23)19-6-4-3-5-7-19/h3-11,14H,12-13H2,1-2H3,(H,25,29). The van der Waals surface area contributed by atoms with Crippen LogP contribution in [0.4, 0.5) is 5.69 Å². The van der Waals surface area contributed by atoms with Gasteiger partial charge in [0.25, 0.3) is 5.56 Å². The van der Waals surface area contributed by atoms with E-state index in [1.54, 1.807) is 15.3 Å². The van der Waals surface area contributed by atoms with E-state index in [9.17, 15) is 9.59 Å². The summed E-state index contributed by atoms with van der Waals surface area (Å²) in [5, 5.41) is 8.49. The fraction of sp³-hybridized carbons (Fsp3) is 0.174. The molecule has 6 nitrogen and oxygen atoms in total. The van der Waals surface area contributed by atoms with Crippen molar-refractivity contribution in [2.24, 2.45) is 0 Å². The number of hydrogen-bond acceptors (Lipinski definition) is 3. The maximum Gasteiger partial charge on any atom is 0.252 e. The van der Waals surface area contributed by atoms with Gasteiger partial charge in [0, 0.05) is 34.6 Å². The lowest BCUT2D eigenvalue weighted by Crippen LogP contribution is -2.25. The Balaban J connectivity index is 1.69. The van der Waals surface area contributed by atoms with Gasteiger partial charge in [-0.25, -0.2) is 4.68 Å². The largest absolute Gasteiger partial charge is 0.326 e. The van der Waals surface area contributed by atoms with Crippen LogP contribution in [0.2, 0.25) is 0 Å². The Hall–Kier alpha value is -3.19. The van der Waals surface area contributed by atoms with E-state index >= 15 is 0 Å². The third-order valence-corrected chi connectivity index (χ3v) is 5.51. The third-order valence-electron chi connectivity index (χ3n) is 4.98. The first-order valence-electron chi connectivity index (χ1n) is 9.64. The average molecular weight is 465 g/mol. The molecule has 0 saturated carbocycles. The van der Waals surface area contributed by atoms with E-state index in [1.165, 1.54) is 0 Å². The number of halogens is 1. The highest BCUT2D eigenvalue weighted by molar-refractivity contribution is 9.10. The molecule has 4 rings (SSSR count). The monoisotopic (exact) mass is 464 g/mol. The first kappa shape index (κ1) is 20.1. The number of fused-ring (bicyclic) bond motifs is 1. The third kappa shape index (κ3) is 3.93. The van der Waals surface area contributed by atoms with Gasteiger partial charge in [0.05, 0.1) is 11.4 Å². The Morgan fingerprint density at radius 1 is 1.07 bits per heavy atom. The minimum absolute atomic E-state index is 0.145. The number of amides is 1. The molecule has 0 aliphatic rings. The summed E-state index contributed by atoms with van der Waals surface area (Å²) in [6.45, 7) is 4.11. The fourth-order valence-corrected chi connectivity index (χ4v) is 3.87. The number of rotatable bonds is 5. The molecule has 1 amide bonds. The van der Waals surface area contributed by atoms with Crippen molar-refractivity contribution >= 4 is 38.6 Å². The molecule has 152 valence electrons. The fourth-order valence-electron chi connectivity index (χ4n) is 3.60. The van der Waals surface area contributed by atoms with Crippen molar-refractivity contribution in [2.75, 3.05) is 5.32 Å². The summed E-state index contributed by atoms with van der Waals surface area (Å²) in [6.07, 6.45) is 0.174. The number of aryl methyl sites for hydroxylation is 3. The van der Waals surface area contributed by atoms with Gasteiger partial charge in [-0.05, 0) is 55.8 Å². The zero-order valence-corrected chi connectivity index (χ0v) is 18.3. The number of benzene rings is 2. The molecular weight excluding hydrogens is 444 g/mol. The van der Waals surface area contributed by atoms with Gasteiger partial charge in [-0.2, -0.15) is 5.10 Å². The molecule has 0 fully saturated rings. The molecule has 7 heteroatoms. The van der Waals surface area contributed by atoms with Crippen molar-refractivity contribution in [1.82, 2.24) is 14.3 Å². The lowest BCUT2D eigenvalue weighted by Gasteiger charge is -2.12. The van der Waals surface area contributed by atoms with Crippen LogP contribution in [-0.2, 0) is 11.3 Å². The van der Waals surface area contributed by atoms with E-state index in [0.717, 1.165) is 32.5 Å². The molecule has 30 heavy (non-hydrogen) atoms. The number of pyridine rings is 1. The SMILES string of the molecule is Cc1cc(=O)n(CCC(=O)Nc2ccc(Br)cc2)c2c1c(C)nn2-c1ccccc1. The molecule has 2 aromatic heterocycles. The van der Waals surface area contributed by atoms with E-state index in [0.29, 0.717) is 5.65 Å². The number of nitrogens with one attached hydrogen (secondary N) is 1. The number of hydrogen-bond donors (Lipinski definition) is 1. The van der Waals surface area contributed by atoms with Gasteiger partial charge in [0.2, 0.25) is 5.91 Å². The molecule has 0 aliphatic carbocycles. The second kappa shape index (κ2) is 8.28. The van der Waals surface area contributed by atoms with Gasteiger partial charge < -0.3 is 5.32 Å². The molecule has 4 aromatic rings. The van der Waals surface area contributed by atoms with Crippen LogP contribution in [0.5, 0.6) is 0 Å². The Kier molecular flexibility index (Phi) is 5.55. The number of anilines is 1. The van der Waals surface area contributed by atoms with Crippen molar-refractivity contribution in [3.8, 4) is 5.69 Å². The Labute approximate surface area is 182 Å². The highest BCUT2D eigenvalue weighted by atomic mass is 79.9. The highest BCUT2D eigenvalue weighted by Crippen LogP contribution is 2.24. The Morgan fingerprint density at radius 2 is 1.77 bits per heavy atom. The summed E-state index contributed by atoms with van der Waals surface area (Å²) in [6, 6.07) is 18.7. The van der Waals surface area contributed by atoms with Gasteiger partial charge >= 0.3 is 0 Å². The number of aromatic nitrogens is 3. The van der Waals surface area contributed by atoms with Gasteiger partial charge in [0.1, 0.15) is 5.65 Å². The number of carbonyl (C=O) groups excluding carboxylic acids is 1. The summed E-state index contributed by atoms with van der Waals surface area (Å²) in [5.41, 5.74) is 3.88. The van der Waals surface area contributed by atoms with Crippen molar-refractivity contribution in [1.29, 1.82) is 0 Å². The molecule has 0 spiro atoms. The van der Waals surface area contributed by atoms with Gasteiger partial charge in [-0.3, -0.25) is 14.2 Å². The van der Waals surface area contributed by atoms with Crippen LogP contribution < -0.4 is 10.9 Å². The van der Waals surface area contributed by atoms with Crippen molar-refractivity contribution in [3.05, 3.63) is 86.7 Å². The Bertz CT molecular complexity index is 1270. The van der Waals surface area contributed by atoms with Crippen LogP contribution in [0.25, 0.3) is 16.7 Å². The van der Waals surface area contributed by atoms with Crippen LogP contribution in [0.15, 0.2) is 69.9 Å². The quantitative estimate of drug-likeness (QED) is 0.469. The first-order valence-corrected chi connectivity index (χ1v) is 10.4. The maximum atomic E-state index is 12.8. The summed E-state index contributed by atoms with van der Waals surface area (Å²) >= 11 is 3.38. The predicted molar refractivity (Wildman–Crippen MR) is 122 cm³/mol. The molecule has 0 saturated heterocycles. The normalized spacial score (nSPS) is 11.0. The van der Waals surface area contributed by atoms with E-state index in [4.69, 9.17) is 0 Å². The zero-order valence-electron chi connectivity index (χ0n) is 16.7. The molecule has 2 heterocycles. The van der Waals surface area contributed by atoms with Crippen molar-refractivity contribution in [2.45, 2.75) is 26.8 Å². The molecule has 0 bridgehead atoms. The second-order valence-electron chi connectivity index (χ2n) is 7.15. The van der Waals surface area contributed by atoms with Crippen molar-refractivity contribution < 1.29 is 4.79 Å². The van der Waals surface area contributed by atoms with Gasteiger partial charge in [-0.15, -0.1) is 0 Å². The van der Waals surface area contributed by atoms with E-state index in [2.05, 4.69) is 26.3 Å². The zero-order chi connectivity index (χ0) is 21.3. The molecule has 1 N–H and O–H groups in total. The van der Waals surface area contributed by atoms with E-state index in [-0.39, 0.29) is 24.4 Å². The van der Waals surface area contributed by atoms with Gasteiger partial charge in [-0.1, -0.05) is 34.1 Å². The molecule has 0 atom stereocenters. The summed E-state index contributed by atoms with van der Waals surface area (Å²) < 4.78 is 4.36. The highest BCUT2D eigenvalue weighted by Gasteiger charge is 2.17. The van der Waals surface area contributed by atoms with Crippen molar-refractivity contribution in [3.63, 3.8) is 0 Å². The first-order chi connectivity index (χ1) is 14.4. The predicted octanol–water partition coefficient (Wildman–Crippen LogP) is 4.60. The smallest absolute Gasteiger partial charge is 0.252 e. The molecule has 2 aromatic carbocycles. The number of para-hydroxylation sites is 1. The van der Waals surface area contributed by atoms with Crippen LogP contribution >= 0.6 is 15.9 Å². The minimum atomic E-state index is -0.152. The van der Waals surface area contributed by atoms with E-state index in [1.807, 2.05) is 68.4 Å². The summed E-state index contributed by atoms with van der Waals surface area (Å²) in [4.78, 5) is 25.3. The lowest BCUT2D eigenvalue weighted by atomic mass is 10.1. The number of nitrogens with zero attached hydrogens (tertiary/aromatic N) is 3. The average Bonchev–Trinajstić information content (AvgIpc) is 3.08. The molecular formula is C23H21BrN4O2. The van der Waals surface area contributed by atoms with E-state index < -0.39 is 0 Å². The van der Waals surface area contributed by atoms with Crippen LogP contribution in [0.1, 0.15) is 17.7 Å². The van der Waals surface area contributed by atoms with Crippen LogP contribution in [0, 0.1) is 13.8 Å². The van der Waals surface area contributed by atoms with Crippen LogP contribution in [0.3, 0.4) is 0 Å². The minimum Gasteiger partial charge on any atom is -0.326 e. The second-order valence-corrected chi connectivity index (χ2v) is 8.07. The maximum absolute atomic E-state index is 12.8. The topological polar surface area (TPSA) is 68.9 Å². The summed E-state index contributed by atoms with van der Waals surface area (Å²) in [5.74, 6) is -0.152. The molecule has 0 aliphatic heterocycles. The summed E-state index contributed by atoms with van der Waals surface area (Å²) in [7, 11) is 0.